The molecule has 0 spiro atoms. The average molecular weight is 346 g/mol. The van der Waals surface area contributed by atoms with Crippen LogP contribution in [0, 0.1) is 10.1 Å². The maximum atomic E-state index is 12.2. The summed E-state index contributed by atoms with van der Waals surface area (Å²) in [5, 5.41) is 20.7. The summed E-state index contributed by atoms with van der Waals surface area (Å²) in [6.07, 6.45) is 3.11. The van der Waals surface area contributed by atoms with Gasteiger partial charge in [0.2, 0.25) is 5.89 Å². The zero-order valence-electron chi connectivity index (χ0n) is 11.8. The van der Waals surface area contributed by atoms with Crippen LogP contribution in [0.25, 0.3) is 11.5 Å². The zero-order chi connectivity index (χ0) is 17.1. The topological polar surface area (TPSA) is 124 Å². The fraction of sp³-hybridized carbons (Fsp3) is 0. The number of hydrogen-bond acceptors (Lipinski definition) is 7. The van der Waals surface area contributed by atoms with Gasteiger partial charge < -0.3 is 4.42 Å². The van der Waals surface area contributed by atoms with Crippen LogP contribution in [0.1, 0.15) is 10.4 Å². The third-order valence-corrected chi connectivity index (χ3v) is 3.31. The monoisotopic (exact) mass is 345 g/mol. The summed E-state index contributed by atoms with van der Waals surface area (Å²) in [4.78, 5) is 26.2. The van der Waals surface area contributed by atoms with Crippen molar-refractivity contribution < 1.29 is 14.1 Å². The molecule has 1 amide bonds. The number of nitro groups is 1. The number of pyridine rings is 1. The first-order chi connectivity index (χ1) is 11.5. The van der Waals surface area contributed by atoms with Crippen LogP contribution in [0.4, 0.5) is 11.7 Å². The third kappa shape index (κ3) is 3.20. The van der Waals surface area contributed by atoms with Crippen LogP contribution < -0.4 is 5.32 Å². The molecule has 10 heteroatoms. The summed E-state index contributed by atoms with van der Waals surface area (Å²) < 4.78 is 5.32. The Morgan fingerprint density at radius 1 is 1.21 bits per heavy atom. The molecule has 120 valence electrons. The molecule has 3 rings (SSSR count). The Labute approximate surface area is 139 Å². The molecule has 0 atom stereocenters. The lowest BCUT2D eigenvalue weighted by atomic mass is 10.2. The normalized spacial score (nSPS) is 10.4. The summed E-state index contributed by atoms with van der Waals surface area (Å²) in [5.41, 5.74) is 0.300. The van der Waals surface area contributed by atoms with Gasteiger partial charge in [0.25, 0.3) is 11.6 Å². The molecule has 0 aliphatic rings. The van der Waals surface area contributed by atoms with Gasteiger partial charge in [0.15, 0.2) is 0 Å². The molecule has 1 N–H and O–H groups in total. The summed E-state index contributed by atoms with van der Waals surface area (Å²) in [7, 11) is 0. The molecule has 0 saturated carbocycles. The van der Waals surface area contributed by atoms with Crippen molar-refractivity contribution >= 4 is 29.2 Å². The minimum absolute atomic E-state index is 0.0620. The van der Waals surface area contributed by atoms with E-state index in [9.17, 15) is 14.9 Å². The van der Waals surface area contributed by atoms with Crippen molar-refractivity contribution in [3.63, 3.8) is 0 Å². The number of halogens is 1. The highest BCUT2D eigenvalue weighted by Gasteiger charge is 2.18. The standard InChI is InChI=1S/C14H8ClN5O4/c15-11-2-1-9(20(22)23)7-10(11)12(21)17-14-19-18-13(24-14)8-3-5-16-6-4-8/h1-7H,(H,17,19,21). The molecule has 0 bridgehead atoms. The van der Waals surface area contributed by atoms with E-state index >= 15 is 0 Å². The van der Waals surface area contributed by atoms with Gasteiger partial charge in [0.1, 0.15) is 0 Å². The zero-order valence-corrected chi connectivity index (χ0v) is 12.6. The fourth-order valence-electron chi connectivity index (χ4n) is 1.85. The van der Waals surface area contributed by atoms with Crippen molar-refractivity contribution in [2.75, 3.05) is 5.32 Å². The van der Waals surface area contributed by atoms with Gasteiger partial charge in [-0.15, -0.1) is 5.10 Å². The molecule has 3 aromatic rings. The first-order valence-electron chi connectivity index (χ1n) is 6.54. The minimum atomic E-state index is -0.700. The number of nitrogens with one attached hydrogen (secondary N) is 1. The van der Waals surface area contributed by atoms with E-state index in [-0.39, 0.29) is 28.2 Å². The van der Waals surface area contributed by atoms with Crippen LogP contribution in [-0.2, 0) is 0 Å². The highest BCUT2D eigenvalue weighted by molar-refractivity contribution is 6.34. The van der Waals surface area contributed by atoms with Gasteiger partial charge in [-0.2, -0.15) is 0 Å². The Balaban J connectivity index is 1.82. The van der Waals surface area contributed by atoms with E-state index in [0.717, 1.165) is 6.07 Å². The van der Waals surface area contributed by atoms with Crippen LogP contribution in [0.3, 0.4) is 0 Å². The van der Waals surface area contributed by atoms with Crippen LogP contribution in [-0.4, -0.2) is 26.0 Å². The van der Waals surface area contributed by atoms with Crippen LogP contribution in [0.2, 0.25) is 5.02 Å². The molecule has 0 aliphatic carbocycles. The maximum Gasteiger partial charge on any atom is 0.322 e. The lowest BCUT2D eigenvalue weighted by Crippen LogP contribution is -2.13. The number of nitrogens with zero attached hydrogens (tertiary/aromatic N) is 4. The highest BCUT2D eigenvalue weighted by Crippen LogP contribution is 2.24. The number of carbonyl (C=O) groups excluding carboxylic acids is 1. The Bertz CT molecular complexity index is 913. The fourth-order valence-corrected chi connectivity index (χ4v) is 2.05. The van der Waals surface area contributed by atoms with E-state index in [1.54, 1.807) is 24.5 Å². The molecule has 0 radical (unpaired) electrons. The number of benzene rings is 1. The predicted octanol–water partition coefficient (Wildman–Crippen LogP) is 2.95. The maximum absolute atomic E-state index is 12.2. The number of hydrogen-bond donors (Lipinski definition) is 1. The number of amides is 1. The molecule has 0 aliphatic heterocycles. The van der Waals surface area contributed by atoms with Crippen LogP contribution >= 0.6 is 11.6 Å². The second-order valence-corrected chi connectivity index (χ2v) is 4.93. The Morgan fingerprint density at radius 3 is 2.67 bits per heavy atom. The number of non-ortho nitro benzene ring substituents is 1. The summed E-state index contributed by atoms with van der Waals surface area (Å²) >= 11 is 5.91. The van der Waals surface area contributed by atoms with Gasteiger partial charge in [0.05, 0.1) is 15.5 Å². The average Bonchev–Trinajstić information content (AvgIpc) is 3.04. The van der Waals surface area contributed by atoms with E-state index in [0.29, 0.717) is 5.56 Å². The van der Waals surface area contributed by atoms with Crippen molar-refractivity contribution in [3.8, 4) is 11.5 Å². The number of rotatable bonds is 4. The molecule has 0 unspecified atom stereocenters. The van der Waals surface area contributed by atoms with Gasteiger partial charge in [-0.25, -0.2) is 0 Å². The summed E-state index contributed by atoms with van der Waals surface area (Å²) in [5.74, 6) is -0.508. The summed E-state index contributed by atoms with van der Waals surface area (Å²) in [6.45, 7) is 0. The quantitative estimate of drug-likeness (QED) is 0.569. The van der Waals surface area contributed by atoms with Gasteiger partial charge in [0, 0.05) is 30.1 Å². The Morgan fingerprint density at radius 2 is 1.96 bits per heavy atom. The minimum Gasteiger partial charge on any atom is -0.403 e. The van der Waals surface area contributed by atoms with E-state index in [4.69, 9.17) is 16.0 Å². The van der Waals surface area contributed by atoms with Crippen molar-refractivity contribution in [2.24, 2.45) is 0 Å². The lowest BCUT2D eigenvalue weighted by Gasteiger charge is -2.03. The van der Waals surface area contributed by atoms with E-state index < -0.39 is 10.8 Å². The molecule has 2 aromatic heterocycles. The van der Waals surface area contributed by atoms with Crippen molar-refractivity contribution in [3.05, 3.63) is 63.4 Å². The van der Waals surface area contributed by atoms with E-state index in [1.807, 2.05) is 0 Å². The molecular formula is C14H8ClN5O4. The van der Waals surface area contributed by atoms with Crippen molar-refractivity contribution in [1.29, 1.82) is 0 Å². The van der Waals surface area contributed by atoms with E-state index in [2.05, 4.69) is 20.5 Å². The van der Waals surface area contributed by atoms with Crippen molar-refractivity contribution in [1.82, 2.24) is 15.2 Å². The predicted molar refractivity (Wildman–Crippen MR) is 83.6 cm³/mol. The molecule has 2 heterocycles. The second kappa shape index (κ2) is 6.42. The van der Waals surface area contributed by atoms with Gasteiger partial charge in [-0.1, -0.05) is 16.7 Å². The number of aromatic nitrogens is 3. The van der Waals surface area contributed by atoms with Crippen molar-refractivity contribution in [2.45, 2.75) is 0 Å². The summed E-state index contributed by atoms with van der Waals surface area (Å²) in [6, 6.07) is 6.71. The van der Waals surface area contributed by atoms with Gasteiger partial charge in [-0.3, -0.25) is 25.2 Å². The van der Waals surface area contributed by atoms with Gasteiger partial charge in [-0.05, 0) is 18.2 Å². The molecular weight excluding hydrogens is 338 g/mol. The molecule has 24 heavy (non-hydrogen) atoms. The number of anilines is 1. The smallest absolute Gasteiger partial charge is 0.322 e. The third-order valence-electron chi connectivity index (χ3n) is 2.98. The highest BCUT2D eigenvalue weighted by atomic mass is 35.5. The SMILES string of the molecule is O=C(Nc1nnc(-c2ccncc2)o1)c1cc([N+](=O)[O-])ccc1Cl. The molecule has 9 nitrogen and oxygen atoms in total. The lowest BCUT2D eigenvalue weighted by molar-refractivity contribution is -0.384. The second-order valence-electron chi connectivity index (χ2n) is 4.52. The van der Waals surface area contributed by atoms with E-state index in [1.165, 1.54) is 12.1 Å². The Hall–Kier alpha value is -3.33. The molecule has 0 fully saturated rings. The van der Waals surface area contributed by atoms with Crippen LogP contribution in [0.5, 0.6) is 0 Å². The Kier molecular flexibility index (Phi) is 4.17. The van der Waals surface area contributed by atoms with Crippen LogP contribution in [0.15, 0.2) is 47.1 Å². The molecule has 0 saturated heterocycles. The first-order valence-corrected chi connectivity index (χ1v) is 6.91. The first kappa shape index (κ1) is 15.6. The largest absolute Gasteiger partial charge is 0.403 e. The van der Waals surface area contributed by atoms with Gasteiger partial charge >= 0.3 is 6.01 Å². The number of nitro benzene ring substituents is 1. The molecule has 1 aromatic carbocycles. The number of carbonyl (C=O) groups is 1.